The van der Waals surface area contributed by atoms with Gasteiger partial charge in [-0.15, -0.1) is 0 Å². The average molecular weight is 309 g/mol. The van der Waals surface area contributed by atoms with Gasteiger partial charge >= 0.3 is 0 Å². The molecule has 0 saturated carbocycles. The number of nitrogens with zero attached hydrogens (tertiary/aromatic N) is 2. The Bertz CT molecular complexity index is 592. The quantitative estimate of drug-likeness (QED) is 0.917. The van der Waals surface area contributed by atoms with E-state index < -0.39 is 0 Å². The van der Waals surface area contributed by atoms with Crippen LogP contribution in [0.3, 0.4) is 0 Å². The summed E-state index contributed by atoms with van der Waals surface area (Å²) in [6.07, 6.45) is 4.90. The molecule has 3 nitrogen and oxygen atoms in total. The third kappa shape index (κ3) is 4.18. The summed E-state index contributed by atoms with van der Waals surface area (Å²) in [4.78, 5) is 6.74. The Morgan fingerprint density at radius 3 is 2.57 bits per heavy atom. The van der Waals surface area contributed by atoms with Gasteiger partial charge < -0.3 is 5.32 Å². The third-order valence-corrected chi connectivity index (χ3v) is 4.78. The molecule has 23 heavy (non-hydrogen) atoms. The van der Waals surface area contributed by atoms with Gasteiger partial charge in [0.25, 0.3) is 0 Å². The highest BCUT2D eigenvalue weighted by Crippen LogP contribution is 2.22. The molecule has 3 rings (SSSR count). The van der Waals surface area contributed by atoms with Crippen LogP contribution in [0, 0.1) is 0 Å². The first-order chi connectivity index (χ1) is 11.2. The van der Waals surface area contributed by atoms with Gasteiger partial charge in [0.2, 0.25) is 0 Å². The predicted molar refractivity (Wildman–Crippen MR) is 95.7 cm³/mol. The first kappa shape index (κ1) is 16.2. The molecule has 0 bridgehead atoms. The molecule has 2 heterocycles. The lowest BCUT2D eigenvalue weighted by molar-refractivity contribution is 0.164. The summed E-state index contributed by atoms with van der Waals surface area (Å²) in [6, 6.07) is 13.9. The molecule has 122 valence electrons. The highest BCUT2D eigenvalue weighted by molar-refractivity contribution is 5.25. The maximum atomic E-state index is 4.14. The zero-order valence-electron chi connectivity index (χ0n) is 14.2. The van der Waals surface area contributed by atoms with E-state index in [0.717, 1.165) is 32.6 Å². The number of aromatic nitrogens is 1. The van der Waals surface area contributed by atoms with Gasteiger partial charge in [-0.3, -0.25) is 9.88 Å². The van der Waals surface area contributed by atoms with E-state index in [2.05, 4.69) is 65.4 Å². The van der Waals surface area contributed by atoms with Crippen molar-refractivity contribution in [3.8, 4) is 0 Å². The van der Waals surface area contributed by atoms with E-state index in [9.17, 15) is 0 Å². The summed E-state index contributed by atoms with van der Waals surface area (Å²) in [5.41, 5.74) is 4.22. The van der Waals surface area contributed by atoms with Gasteiger partial charge in [0, 0.05) is 44.6 Å². The van der Waals surface area contributed by atoms with Gasteiger partial charge in [0.15, 0.2) is 0 Å². The number of nitrogens with one attached hydrogen (secondary N) is 1. The number of hydrogen-bond donors (Lipinski definition) is 1. The Hall–Kier alpha value is -1.71. The summed E-state index contributed by atoms with van der Waals surface area (Å²) in [5, 5.41) is 3.52. The van der Waals surface area contributed by atoms with Crippen LogP contribution in [0.1, 0.15) is 42.5 Å². The van der Waals surface area contributed by atoms with E-state index in [4.69, 9.17) is 0 Å². The smallest absolute Gasteiger partial charge is 0.0474 e. The van der Waals surface area contributed by atoms with Crippen molar-refractivity contribution in [3.63, 3.8) is 0 Å². The fourth-order valence-corrected chi connectivity index (χ4v) is 3.27. The topological polar surface area (TPSA) is 28.2 Å². The van der Waals surface area contributed by atoms with Gasteiger partial charge in [0.05, 0.1) is 0 Å². The number of benzene rings is 1. The maximum Gasteiger partial charge on any atom is 0.0474 e. The minimum atomic E-state index is 0.460. The van der Waals surface area contributed by atoms with Crippen molar-refractivity contribution in [1.29, 1.82) is 0 Å². The van der Waals surface area contributed by atoms with Crippen LogP contribution in [0.25, 0.3) is 0 Å². The van der Waals surface area contributed by atoms with E-state index in [0.29, 0.717) is 12.0 Å². The highest BCUT2D eigenvalue weighted by Gasteiger charge is 2.23. The number of piperazine rings is 1. The van der Waals surface area contributed by atoms with E-state index in [1.54, 1.807) is 0 Å². The Balaban J connectivity index is 1.63. The van der Waals surface area contributed by atoms with Crippen LogP contribution in [0.15, 0.2) is 48.8 Å². The molecule has 0 amide bonds. The van der Waals surface area contributed by atoms with Crippen LogP contribution < -0.4 is 5.32 Å². The highest BCUT2D eigenvalue weighted by atomic mass is 15.2. The number of hydrogen-bond acceptors (Lipinski definition) is 3. The van der Waals surface area contributed by atoms with Crippen molar-refractivity contribution < 1.29 is 0 Å². The number of rotatable bonds is 5. The lowest BCUT2D eigenvalue weighted by Gasteiger charge is -2.36. The molecule has 2 aromatic rings. The second-order valence-corrected chi connectivity index (χ2v) is 6.68. The molecule has 1 aliphatic rings. The van der Waals surface area contributed by atoms with Gasteiger partial charge in [-0.2, -0.15) is 0 Å². The summed E-state index contributed by atoms with van der Waals surface area (Å²) >= 11 is 0. The van der Waals surface area contributed by atoms with Crippen molar-refractivity contribution in [3.05, 3.63) is 65.5 Å². The Morgan fingerprint density at radius 2 is 1.87 bits per heavy atom. The van der Waals surface area contributed by atoms with Crippen LogP contribution in [-0.2, 0) is 6.42 Å². The van der Waals surface area contributed by atoms with E-state index in [1.807, 2.05) is 12.4 Å². The molecule has 1 fully saturated rings. The Morgan fingerprint density at radius 1 is 1.13 bits per heavy atom. The molecule has 0 radical (unpaired) electrons. The van der Waals surface area contributed by atoms with Crippen LogP contribution in [-0.4, -0.2) is 36.1 Å². The molecule has 1 aromatic heterocycles. The molecule has 3 heteroatoms. The summed E-state index contributed by atoms with van der Waals surface area (Å²) in [6.45, 7) is 8.81. The minimum Gasteiger partial charge on any atom is -0.314 e. The first-order valence-corrected chi connectivity index (χ1v) is 8.67. The molecule has 1 N–H and O–H groups in total. The van der Waals surface area contributed by atoms with Crippen molar-refractivity contribution in [2.24, 2.45) is 0 Å². The van der Waals surface area contributed by atoms with Gasteiger partial charge in [0.1, 0.15) is 0 Å². The Kier molecular flexibility index (Phi) is 5.42. The lowest BCUT2D eigenvalue weighted by atomic mass is 10.00. The molecule has 1 atom stereocenters. The number of pyridine rings is 1. The van der Waals surface area contributed by atoms with Crippen molar-refractivity contribution in [2.75, 3.05) is 26.2 Å². The molecule has 0 aliphatic carbocycles. The summed E-state index contributed by atoms with van der Waals surface area (Å²) in [7, 11) is 0. The second-order valence-electron chi connectivity index (χ2n) is 6.68. The average Bonchev–Trinajstić information content (AvgIpc) is 2.61. The third-order valence-electron chi connectivity index (χ3n) is 4.78. The standard InChI is InChI=1S/C20H27N3/c1-16(2)18-5-3-17(4-6-18)9-13-23-14-12-22-15-20(23)19-7-10-21-11-8-19/h3-8,10-11,16,20,22H,9,12-15H2,1-2H3. The van der Waals surface area contributed by atoms with E-state index in [1.165, 1.54) is 16.7 Å². The molecule has 1 saturated heterocycles. The molecular formula is C20H27N3. The van der Waals surface area contributed by atoms with Crippen molar-refractivity contribution in [2.45, 2.75) is 32.2 Å². The van der Waals surface area contributed by atoms with Crippen LogP contribution in [0.4, 0.5) is 0 Å². The zero-order valence-corrected chi connectivity index (χ0v) is 14.2. The predicted octanol–water partition coefficient (Wildman–Crippen LogP) is 3.39. The lowest BCUT2D eigenvalue weighted by Crippen LogP contribution is -2.46. The molecule has 1 aliphatic heterocycles. The molecule has 0 spiro atoms. The molecule has 1 aromatic carbocycles. The molecule has 1 unspecified atom stereocenters. The summed E-state index contributed by atoms with van der Waals surface area (Å²) in [5.74, 6) is 0.605. The zero-order chi connectivity index (χ0) is 16.1. The van der Waals surface area contributed by atoms with Crippen molar-refractivity contribution >= 4 is 0 Å². The summed E-state index contributed by atoms with van der Waals surface area (Å²) < 4.78 is 0. The minimum absolute atomic E-state index is 0.460. The van der Waals surface area contributed by atoms with E-state index >= 15 is 0 Å². The van der Waals surface area contributed by atoms with Crippen LogP contribution in [0.5, 0.6) is 0 Å². The molecular weight excluding hydrogens is 282 g/mol. The van der Waals surface area contributed by atoms with Crippen LogP contribution >= 0.6 is 0 Å². The van der Waals surface area contributed by atoms with E-state index in [-0.39, 0.29) is 0 Å². The monoisotopic (exact) mass is 309 g/mol. The van der Waals surface area contributed by atoms with Gasteiger partial charge in [-0.1, -0.05) is 38.1 Å². The first-order valence-electron chi connectivity index (χ1n) is 8.67. The van der Waals surface area contributed by atoms with Crippen LogP contribution in [0.2, 0.25) is 0 Å². The van der Waals surface area contributed by atoms with Crippen molar-refractivity contribution in [1.82, 2.24) is 15.2 Å². The Labute approximate surface area is 139 Å². The van der Waals surface area contributed by atoms with Gasteiger partial charge in [-0.25, -0.2) is 0 Å². The second kappa shape index (κ2) is 7.71. The van der Waals surface area contributed by atoms with Gasteiger partial charge in [-0.05, 0) is 41.2 Å². The fraction of sp³-hybridized carbons (Fsp3) is 0.450. The fourth-order valence-electron chi connectivity index (χ4n) is 3.27. The normalized spacial score (nSPS) is 19.2. The maximum absolute atomic E-state index is 4.14. The SMILES string of the molecule is CC(C)c1ccc(CCN2CCNCC2c2ccncc2)cc1. The largest absolute Gasteiger partial charge is 0.314 e.